The van der Waals surface area contributed by atoms with Crippen molar-refractivity contribution in [2.24, 2.45) is 0 Å². The molecule has 2 rings (SSSR count). The second kappa shape index (κ2) is 8.55. The van der Waals surface area contributed by atoms with Crippen molar-refractivity contribution in [2.75, 3.05) is 45.6 Å². The Balaban J connectivity index is 0.00000288. The Labute approximate surface area is 144 Å². The van der Waals surface area contributed by atoms with Crippen LogP contribution in [-0.4, -0.2) is 50.7 Å². The minimum atomic E-state index is -4.47. The van der Waals surface area contributed by atoms with Crippen LogP contribution in [0.2, 0.25) is 0 Å². The van der Waals surface area contributed by atoms with Gasteiger partial charge in [-0.25, -0.2) is 0 Å². The molecular formula is C15H21ClF3N3O2. The van der Waals surface area contributed by atoms with Crippen LogP contribution in [-0.2, 0) is 22.3 Å². The number of amides is 1. The summed E-state index contributed by atoms with van der Waals surface area (Å²) < 4.78 is 43.8. The van der Waals surface area contributed by atoms with Crippen LogP contribution in [0.3, 0.4) is 0 Å². The minimum Gasteiger partial charge on any atom is -1.00 e. The van der Waals surface area contributed by atoms with Gasteiger partial charge in [-0.15, -0.1) is 0 Å². The van der Waals surface area contributed by atoms with Crippen LogP contribution in [0.25, 0.3) is 0 Å². The highest BCUT2D eigenvalue weighted by molar-refractivity contribution is 5.77. The number of likely N-dealkylation sites (N-methyl/N-ethyl adjacent to an activating group) is 1. The number of alkyl halides is 3. The predicted octanol–water partition coefficient (Wildman–Crippen LogP) is -2.83. The lowest BCUT2D eigenvalue weighted by Crippen LogP contribution is -3.09. The number of para-hydroxylation sites is 1. The van der Waals surface area contributed by atoms with E-state index in [1.807, 2.05) is 0 Å². The fraction of sp³-hybridized carbons (Fsp3) is 0.533. The van der Waals surface area contributed by atoms with E-state index in [2.05, 4.69) is 0 Å². The van der Waals surface area contributed by atoms with Crippen LogP contribution in [0, 0.1) is 0 Å². The molecule has 1 aromatic carbocycles. The van der Waals surface area contributed by atoms with Crippen molar-refractivity contribution in [1.29, 1.82) is 0 Å². The molecule has 1 saturated heterocycles. The zero-order valence-corrected chi connectivity index (χ0v) is 14.1. The molecule has 0 aliphatic carbocycles. The maximum absolute atomic E-state index is 12.9. The quantitative estimate of drug-likeness (QED) is 0.564. The summed E-state index contributed by atoms with van der Waals surface area (Å²) >= 11 is 0. The first-order valence-corrected chi connectivity index (χ1v) is 7.40. The Kier molecular flexibility index (Phi) is 7.31. The summed E-state index contributed by atoms with van der Waals surface area (Å²) in [4.78, 5) is 14.6. The molecule has 0 radical (unpaired) electrons. The number of hydrogen-bond acceptors (Lipinski definition) is 3. The normalized spacial score (nSPS) is 16.4. The number of nitrogen functional groups attached to an aromatic ring is 1. The molecule has 1 amide bonds. The molecule has 24 heavy (non-hydrogen) atoms. The van der Waals surface area contributed by atoms with Crippen molar-refractivity contribution in [2.45, 2.75) is 12.7 Å². The van der Waals surface area contributed by atoms with Crippen LogP contribution in [0.15, 0.2) is 18.2 Å². The van der Waals surface area contributed by atoms with Crippen molar-refractivity contribution in [3.63, 3.8) is 0 Å². The van der Waals surface area contributed by atoms with E-state index in [1.54, 1.807) is 18.0 Å². The van der Waals surface area contributed by atoms with Gasteiger partial charge >= 0.3 is 6.18 Å². The fourth-order valence-corrected chi connectivity index (χ4v) is 2.58. The number of morpholine rings is 1. The lowest BCUT2D eigenvalue weighted by atomic mass is 10.1. The predicted molar refractivity (Wildman–Crippen MR) is 78.7 cm³/mol. The summed E-state index contributed by atoms with van der Waals surface area (Å²) in [7, 11) is 1.76. The fourth-order valence-electron chi connectivity index (χ4n) is 2.58. The standard InChI is InChI=1S/C15H20F3N3O2.ClH/c1-20(10-13(22)21-5-7-23-8-6-21)9-11-3-2-4-12(14(11)19)15(16,17)18;/h2-4H,5-10,19H2,1H3;1H. The minimum absolute atomic E-state index is 0. The molecule has 0 bridgehead atoms. The third kappa shape index (κ3) is 5.25. The third-order valence-corrected chi connectivity index (χ3v) is 3.81. The number of hydrogen-bond donors (Lipinski definition) is 2. The van der Waals surface area contributed by atoms with Crippen molar-refractivity contribution in [3.05, 3.63) is 29.3 Å². The number of quaternary nitrogens is 1. The Morgan fingerprint density at radius 2 is 1.96 bits per heavy atom. The van der Waals surface area contributed by atoms with Crippen molar-refractivity contribution < 1.29 is 40.0 Å². The summed E-state index contributed by atoms with van der Waals surface area (Å²) in [6.07, 6.45) is -4.47. The zero-order chi connectivity index (χ0) is 17.0. The van der Waals surface area contributed by atoms with Gasteiger partial charge in [-0.2, -0.15) is 13.2 Å². The number of rotatable bonds is 4. The van der Waals surface area contributed by atoms with Gasteiger partial charge in [0.05, 0.1) is 31.5 Å². The highest BCUT2D eigenvalue weighted by Gasteiger charge is 2.34. The topological polar surface area (TPSA) is 60.0 Å². The van der Waals surface area contributed by atoms with Crippen molar-refractivity contribution in [1.82, 2.24) is 4.90 Å². The van der Waals surface area contributed by atoms with Crippen LogP contribution in [0.1, 0.15) is 11.1 Å². The van der Waals surface area contributed by atoms with E-state index in [0.717, 1.165) is 11.0 Å². The summed E-state index contributed by atoms with van der Waals surface area (Å²) in [5.41, 5.74) is 4.94. The first kappa shape index (κ1) is 20.5. The summed E-state index contributed by atoms with van der Waals surface area (Å²) in [6, 6.07) is 3.87. The van der Waals surface area contributed by atoms with Gasteiger partial charge in [-0.05, 0) is 6.07 Å². The highest BCUT2D eigenvalue weighted by atomic mass is 35.5. The monoisotopic (exact) mass is 367 g/mol. The van der Waals surface area contributed by atoms with Gasteiger partial charge in [0.1, 0.15) is 6.54 Å². The van der Waals surface area contributed by atoms with Gasteiger partial charge in [0.25, 0.3) is 5.91 Å². The van der Waals surface area contributed by atoms with E-state index in [-0.39, 0.29) is 37.1 Å². The SMILES string of the molecule is C[NH+](CC(=O)N1CCOCC1)Cc1cccc(C(F)(F)F)c1N.[Cl-]. The Morgan fingerprint density at radius 3 is 2.54 bits per heavy atom. The second-order valence-corrected chi connectivity index (χ2v) is 5.68. The molecule has 0 aromatic heterocycles. The second-order valence-electron chi connectivity index (χ2n) is 5.68. The summed E-state index contributed by atoms with van der Waals surface area (Å²) in [5.74, 6) is -0.0312. The van der Waals surface area contributed by atoms with E-state index < -0.39 is 11.7 Å². The average Bonchev–Trinajstić information content (AvgIpc) is 2.49. The third-order valence-electron chi connectivity index (χ3n) is 3.81. The van der Waals surface area contributed by atoms with Gasteiger partial charge in [0.2, 0.25) is 0 Å². The van der Waals surface area contributed by atoms with Crippen LogP contribution >= 0.6 is 0 Å². The molecule has 1 fully saturated rings. The molecule has 5 nitrogen and oxygen atoms in total. The van der Waals surface area contributed by atoms with E-state index in [4.69, 9.17) is 10.5 Å². The van der Waals surface area contributed by atoms with E-state index in [9.17, 15) is 18.0 Å². The lowest BCUT2D eigenvalue weighted by Gasteiger charge is -2.27. The van der Waals surface area contributed by atoms with Gasteiger partial charge < -0.3 is 32.7 Å². The maximum atomic E-state index is 12.9. The number of ether oxygens (including phenoxy) is 1. The molecule has 0 saturated carbocycles. The summed E-state index contributed by atoms with van der Waals surface area (Å²) in [5, 5.41) is 0. The van der Waals surface area contributed by atoms with E-state index in [1.165, 1.54) is 6.07 Å². The highest BCUT2D eigenvalue weighted by Crippen LogP contribution is 2.34. The van der Waals surface area contributed by atoms with Crippen molar-refractivity contribution in [3.8, 4) is 0 Å². The van der Waals surface area contributed by atoms with Crippen LogP contribution < -0.4 is 23.0 Å². The maximum Gasteiger partial charge on any atom is 0.418 e. The average molecular weight is 368 g/mol. The molecule has 1 unspecified atom stereocenters. The van der Waals surface area contributed by atoms with Gasteiger partial charge in [0, 0.05) is 18.7 Å². The smallest absolute Gasteiger partial charge is 0.418 e. The summed E-state index contributed by atoms with van der Waals surface area (Å²) in [6.45, 7) is 2.61. The Hall–Kier alpha value is -1.51. The number of halogens is 4. The number of nitrogens with two attached hydrogens (primary N) is 1. The van der Waals surface area contributed by atoms with Gasteiger partial charge in [-0.1, -0.05) is 12.1 Å². The number of carbonyl (C=O) groups excluding carboxylic acids is 1. The molecular weight excluding hydrogens is 347 g/mol. The molecule has 1 aliphatic rings. The van der Waals surface area contributed by atoms with Gasteiger partial charge in [-0.3, -0.25) is 4.79 Å². The largest absolute Gasteiger partial charge is 1.00 e. The zero-order valence-electron chi connectivity index (χ0n) is 13.3. The first-order valence-electron chi connectivity index (χ1n) is 7.40. The number of benzene rings is 1. The van der Waals surface area contributed by atoms with Crippen molar-refractivity contribution >= 4 is 11.6 Å². The molecule has 1 heterocycles. The Morgan fingerprint density at radius 1 is 1.33 bits per heavy atom. The molecule has 1 aliphatic heterocycles. The molecule has 9 heteroatoms. The molecule has 3 N–H and O–H groups in total. The lowest BCUT2D eigenvalue weighted by molar-refractivity contribution is -0.885. The number of nitrogens with zero attached hydrogens (tertiary/aromatic N) is 1. The molecule has 1 aromatic rings. The Bertz CT molecular complexity index is 563. The molecule has 1 atom stereocenters. The molecule has 0 spiro atoms. The molecule has 136 valence electrons. The van der Waals surface area contributed by atoms with E-state index >= 15 is 0 Å². The number of carbonyl (C=O) groups is 1. The van der Waals surface area contributed by atoms with Crippen LogP contribution in [0.5, 0.6) is 0 Å². The first-order chi connectivity index (χ1) is 10.8. The number of anilines is 1. The van der Waals surface area contributed by atoms with Gasteiger partial charge in [0.15, 0.2) is 6.54 Å². The van der Waals surface area contributed by atoms with Crippen LogP contribution in [0.4, 0.5) is 18.9 Å². The number of nitrogens with one attached hydrogen (secondary N) is 1. The van der Waals surface area contributed by atoms with E-state index in [0.29, 0.717) is 31.9 Å².